The summed E-state index contributed by atoms with van der Waals surface area (Å²) in [5.74, 6) is -2.17. The van der Waals surface area contributed by atoms with Crippen molar-refractivity contribution >= 4 is 68.9 Å². The molecular weight excluding hydrogens is 511 g/mol. The predicted octanol–water partition coefficient (Wildman–Crippen LogP) is 5.65. The third-order valence-corrected chi connectivity index (χ3v) is 6.25. The molecule has 1 fully saturated rings. The van der Waals surface area contributed by atoms with Gasteiger partial charge in [0, 0.05) is 9.92 Å². The first-order valence-corrected chi connectivity index (χ1v) is 10.7. The summed E-state index contributed by atoms with van der Waals surface area (Å²) in [6.07, 6.45) is 1.23. The van der Waals surface area contributed by atoms with Crippen molar-refractivity contribution in [3.63, 3.8) is 0 Å². The maximum atomic E-state index is 13.6. The van der Waals surface area contributed by atoms with Gasteiger partial charge in [0.2, 0.25) is 0 Å². The summed E-state index contributed by atoms with van der Waals surface area (Å²) in [4.78, 5) is 38.9. The number of hydrogen-bond acceptors (Lipinski definition) is 5. The van der Waals surface area contributed by atoms with Crippen molar-refractivity contribution in [2.24, 2.45) is 0 Å². The molecular formula is C21H11BrClFN2O4S. The third-order valence-electron chi connectivity index (χ3n) is 4.15. The van der Waals surface area contributed by atoms with Crippen LogP contribution in [0.1, 0.15) is 5.76 Å². The van der Waals surface area contributed by atoms with Crippen LogP contribution in [0.5, 0.6) is 0 Å². The molecule has 6 nitrogen and oxygen atoms in total. The number of barbiturate groups is 1. The molecule has 4 amide bonds. The third kappa shape index (κ3) is 4.58. The molecule has 1 N–H and O–H groups in total. The van der Waals surface area contributed by atoms with Crippen LogP contribution in [0.4, 0.5) is 14.9 Å². The Morgan fingerprint density at radius 3 is 2.55 bits per heavy atom. The SMILES string of the molecule is O=C1NC(=O)N(c2cccc(F)c2)C(=O)C1=Cc1cc(Br)c(Sc2ccc(Cl)cc2)o1. The number of imide groups is 2. The first kappa shape index (κ1) is 21.4. The zero-order chi connectivity index (χ0) is 22.1. The highest BCUT2D eigenvalue weighted by Gasteiger charge is 2.37. The summed E-state index contributed by atoms with van der Waals surface area (Å²) in [5.41, 5.74) is -0.325. The number of anilines is 1. The van der Waals surface area contributed by atoms with Crippen LogP contribution in [0.2, 0.25) is 5.02 Å². The lowest BCUT2D eigenvalue weighted by Crippen LogP contribution is -2.54. The summed E-state index contributed by atoms with van der Waals surface area (Å²) in [6, 6.07) is 12.7. The number of urea groups is 1. The molecule has 0 unspecified atom stereocenters. The minimum Gasteiger partial charge on any atom is -0.449 e. The van der Waals surface area contributed by atoms with Gasteiger partial charge in [0.15, 0.2) is 5.09 Å². The topological polar surface area (TPSA) is 79.6 Å². The van der Waals surface area contributed by atoms with Crippen molar-refractivity contribution in [2.45, 2.75) is 9.99 Å². The molecule has 1 aromatic heterocycles. The Morgan fingerprint density at radius 1 is 1.10 bits per heavy atom. The highest BCUT2D eigenvalue weighted by atomic mass is 79.9. The van der Waals surface area contributed by atoms with E-state index in [1.807, 2.05) is 12.1 Å². The molecule has 0 saturated carbocycles. The van der Waals surface area contributed by atoms with Gasteiger partial charge in [0.05, 0.1) is 10.2 Å². The lowest BCUT2D eigenvalue weighted by molar-refractivity contribution is -0.122. The lowest BCUT2D eigenvalue weighted by atomic mass is 10.1. The molecule has 156 valence electrons. The first-order valence-electron chi connectivity index (χ1n) is 8.71. The van der Waals surface area contributed by atoms with E-state index in [1.165, 1.54) is 36.0 Å². The highest BCUT2D eigenvalue weighted by Crippen LogP contribution is 2.37. The van der Waals surface area contributed by atoms with Crippen LogP contribution in [0, 0.1) is 5.82 Å². The van der Waals surface area contributed by atoms with Crippen LogP contribution in [-0.2, 0) is 9.59 Å². The van der Waals surface area contributed by atoms with Gasteiger partial charge in [0.1, 0.15) is 17.2 Å². The Labute approximate surface area is 193 Å². The van der Waals surface area contributed by atoms with Gasteiger partial charge in [-0.3, -0.25) is 14.9 Å². The number of nitrogens with zero attached hydrogens (tertiary/aromatic N) is 1. The van der Waals surface area contributed by atoms with Gasteiger partial charge in [-0.05, 0) is 70.5 Å². The Balaban J connectivity index is 1.64. The fraction of sp³-hybridized carbons (Fsp3) is 0. The Kier molecular flexibility index (Phi) is 5.99. The largest absolute Gasteiger partial charge is 0.449 e. The van der Waals surface area contributed by atoms with E-state index in [1.54, 1.807) is 18.2 Å². The molecule has 1 aliphatic heterocycles. The number of rotatable bonds is 4. The minimum absolute atomic E-state index is 0.000471. The van der Waals surface area contributed by atoms with Crippen LogP contribution in [0.25, 0.3) is 6.08 Å². The molecule has 4 rings (SSSR count). The number of benzene rings is 2. The fourth-order valence-electron chi connectivity index (χ4n) is 2.77. The molecule has 2 aromatic carbocycles. The number of amides is 4. The van der Waals surface area contributed by atoms with Crippen LogP contribution >= 0.6 is 39.3 Å². The maximum Gasteiger partial charge on any atom is 0.335 e. The van der Waals surface area contributed by atoms with E-state index < -0.39 is 23.7 Å². The standard InChI is InChI=1S/C21H11BrClFN2O4S/c22-17-10-14(30-20(17)31-15-6-4-11(23)5-7-15)9-16-18(27)25-21(29)26(19(16)28)13-3-1-2-12(24)8-13/h1-10H,(H,25,27,29). The second-order valence-corrected chi connectivity index (χ2v) is 8.61. The number of furan rings is 1. The van der Waals surface area contributed by atoms with E-state index in [2.05, 4.69) is 21.2 Å². The minimum atomic E-state index is -0.961. The summed E-state index contributed by atoms with van der Waals surface area (Å²) in [6.45, 7) is 0. The van der Waals surface area contributed by atoms with Crippen molar-refractivity contribution in [3.8, 4) is 0 Å². The molecule has 1 aliphatic rings. The molecule has 10 heteroatoms. The van der Waals surface area contributed by atoms with E-state index in [-0.39, 0.29) is 17.0 Å². The van der Waals surface area contributed by atoms with Gasteiger partial charge >= 0.3 is 6.03 Å². The molecule has 0 bridgehead atoms. The Morgan fingerprint density at radius 2 is 1.84 bits per heavy atom. The van der Waals surface area contributed by atoms with Crippen LogP contribution < -0.4 is 10.2 Å². The molecule has 31 heavy (non-hydrogen) atoms. The molecule has 3 aromatic rings. The van der Waals surface area contributed by atoms with Gasteiger partial charge in [-0.1, -0.05) is 29.4 Å². The van der Waals surface area contributed by atoms with Crippen LogP contribution in [0.15, 0.2) is 79.0 Å². The van der Waals surface area contributed by atoms with Crippen molar-refractivity contribution in [1.82, 2.24) is 5.32 Å². The van der Waals surface area contributed by atoms with Crippen molar-refractivity contribution in [2.75, 3.05) is 4.90 Å². The smallest absolute Gasteiger partial charge is 0.335 e. The van der Waals surface area contributed by atoms with Gasteiger partial charge in [-0.25, -0.2) is 14.1 Å². The number of nitrogens with one attached hydrogen (secondary N) is 1. The number of carbonyl (C=O) groups is 3. The molecule has 0 radical (unpaired) electrons. The van der Waals surface area contributed by atoms with Crippen molar-refractivity contribution < 1.29 is 23.2 Å². The fourth-order valence-corrected chi connectivity index (χ4v) is 4.22. The second-order valence-electron chi connectivity index (χ2n) is 6.28. The zero-order valence-corrected chi connectivity index (χ0v) is 18.6. The molecule has 0 spiro atoms. The Bertz CT molecular complexity index is 1240. The summed E-state index contributed by atoms with van der Waals surface area (Å²) in [7, 11) is 0. The van der Waals surface area contributed by atoms with Gasteiger partial charge in [0.25, 0.3) is 11.8 Å². The summed E-state index contributed by atoms with van der Waals surface area (Å²) < 4.78 is 19.9. The highest BCUT2D eigenvalue weighted by molar-refractivity contribution is 9.10. The average Bonchev–Trinajstić information content (AvgIpc) is 3.06. The van der Waals surface area contributed by atoms with Crippen LogP contribution in [0.3, 0.4) is 0 Å². The number of carbonyl (C=O) groups excluding carboxylic acids is 3. The average molecular weight is 522 g/mol. The quantitative estimate of drug-likeness (QED) is 0.354. The zero-order valence-electron chi connectivity index (χ0n) is 15.4. The van der Waals surface area contributed by atoms with Gasteiger partial charge < -0.3 is 4.42 Å². The van der Waals surface area contributed by atoms with Crippen molar-refractivity contribution in [1.29, 1.82) is 0 Å². The molecule has 0 aliphatic carbocycles. The second kappa shape index (κ2) is 8.70. The van der Waals surface area contributed by atoms with E-state index in [9.17, 15) is 18.8 Å². The number of halogens is 3. The summed E-state index contributed by atoms with van der Waals surface area (Å²) in [5, 5.41) is 3.18. The predicted molar refractivity (Wildman–Crippen MR) is 117 cm³/mol. The monoisotopic (exact) mass is 520 g/mol. The van der Waals surface area contributed by atoms with Gasteiger partial charge in [-0.15, -0.1) is 0 Å². The normalized spacial score (nSPS) is 15.5. The maximum absolute atomic E-state index is 13.6. The van der Waals surface area contributed by atoms with Crippen molar-refractivity contribution in [3.05, 3.63) is 81.2 Å². The Hall–Kier alpha value is -2.88. The molecule has 1 saturated heterocycles. The first-order chi connectivity index (χ1) is 14.8. The van der Waals surface area contributed by atoms with Gasteiger partial charge in [-0.2, -0.15) is 0 Å². The summed E-state index contributed by atoms with van der Waals surface area (Å²) >= 11 is 10.6. The molecule has 0 atom stereocenters. The van der Waals surface area contributed by atoms with E-state index in [4.69, 9.17) is 16.0 Å². The van der Waals surface area contributed by atoms with Crippen LogP contribution in [-0.4, -0.2) is 17.8 Å². The lowest BCUT2D eigenvalue weighted by Gasteiger charge is -2.26. The van der Waals surface area contributed by atoms with E-state index in [0.29, 0.717) is 19.5 Å². The molecule has 2 heterocycles. The number of hydrogen-bond donors (Lipinski definition) is 1. The van der Waals surface area contributed by atoms with E-state index >= 15 is 0 Å². The van der Waals surface area contributed by atoms with E-state index in [0.717, 1.165) is 11.0 Å².